The average Bonchev–Trinajstić information content (AvgIpc) is 2.90. The summed E-state index contributed by atoms with van der Waals surface area (Å²) in [6.45, 7) is 1.87. The first kappa shape index (κ1) is 24.0. The lowest BCUT2D eigenvalue weighted by molar-refractivity contribution is 0.399. The normalized spacial score (nSPS) is 13.6. The van der Waals surface area contributed by atoms with E-state index in [9.17, 15) is 5.11 Å². The predicted molar refractivity (Wildman–Crippen MR) is 139 cm³/mol. The lowest BCUT2D eigenvalue weighted by Crippen LogP contribution is -2.31. The molecule has 34 heavy (non-hydrogen) atoms. The number of ether oxygens (including phenoxy) is 4. The number of hydrogen-bond donors (Lipinski definition) is 1. The maximum absolute atomic E-state index is 11.7. The number of para-hydroxylation sites is 1. The largest absolute Gasteiger partial charge is 0.505 e. The fourth-order valence-corrected chi connectivity index (χ4v) is 7.36. The summed E-state index contributed by atoms with van der Waals surface area (Å²) in [6.07, 6.45) is 3.47. The molecule has 0 amide bonds. The van der Waals surface area contributed by atoms with Crippen LogP contribution in [-0.2, 0) is 0 Å². The molecule has 3 aromatic carbocycles. The third kappa shape index (κ3) is 4.47. The molecule has 0 atom stereocenters. The van der Waals surface area contributed by atoms with E-state index in [2.05, 4.69) is 4.90 Å². The third-order valence-electron chi connectivity index (χ3n) is 6.18. The second-order valence-corrected chi connectivity index (χ2v) is 10.1. The number of piperidine rings is 1. The van der Waals surface area contributed by atoms with Crippen molar-refractivity contribution >= 4 is 29.5 Å². The Kier molecular flexibility index (Phi) is 7.69. The Morgan fingerprint density at radius 3 is 1.53 bits per heavy atom. The molecule has 0 unspecified atom stereocenters. The number of hydrogen-bond acceptors (Lipinski definition) is 6. The number of benzene rings is 3. The summed E-state index contributed by atoms with van der Waals surface area (Å²) in [6, 6.07) is 17.5. The van der Waals surface area contributed by atoms with Gasteiger partial charge in [0, 0.05) is 26.3 Å². The fraction of sp³-hybridized carbons (Fsp3) is 0.333. The second-order valence-electron chi connectivity index (χ2n) is 8.05. The van der Waals surface area contributed by atoms with Crippen LogP contribution in [0, 0.1) is 0 Å². The number of phenols is 1. The highest BCUT2D eigenvalue weighted by atomic mass is 31.1. The molecule has 0 aromatic heterocycles. The number of aromatic hydroxyl groups is 1. The first-order valence-electron chi connectivity index (χ1n) is 11.4. The SMILES string of the molecule is COc1cccc(OC)c1P(c1cccc(N2CCCCC2)c1O)c1c(OC)cccc1OC. The molecule has 4 rings (SSSR count). The molecule has 1 fully saturated rings. The van der Waals surface area contributed by atoms with Gasteiger partial charge in [0.25, 0.3) is 0 Å². The van der Waals surface area contributed by atoms with Gasteiger partial charge >= 0.3 is 0 Å². The quantitative estimate of drug-likeness (QED) is 0.488. The molecule has 1 heterocycles. The minimum absolute atomic E-state index is 0.274. The van der Waals surface area contributed by atoms with Crippen molar-refractivity contribution < 1.29 is 24.1 Å². The highest BCUT2D eigenvalue weighted by molar-refractivity contribution is 7.80. The molecule has 1 saturated heterocycles. The van der Waals surface area contributed by atoms with E-state index in [1.165, 1.54) is 6.42 Å². The minimum Gasteiger partial charge on any atom is -0.505 e. The number of anilines is 1. The van der Waals surface area contributed by atoms with Crippen molar-refractivity contribution in [2.75, 3.05) is 46.4 Å². The van der Waals surface area contributed by atoms with Crippen LogP contribution in [0.1, 0.15) is 19.3 Å². The Hall–Kier alpha value is -3.11. The Morgan fingerprint density at radius 2 is 1.09 bits per heavy atom. The number of phenolic OH excluding ortho intramolecular Hbond substituents is 1. The van der Waals surface area contributed by atoms with Gasteiger partial charge in [-0.3, -0.25) is 0 Å². The molecule has 1 N–H and O–H groups in total. The van der Waals surface area contributed by atoms with E-state index >= 15 is 0 Å². The Bertz CT molecular complexity index is 1030. The maximum Gasteiger partial charge on any atom is 0.147 e. The van der Waals surface area contributed by atoms with E-state index in [4.69, 9.17) is 18.9 Å². The van der Waals surface area contributed by atoms with Crippen LogP contribution in [-0.4, -0.2) is 46.6 Å². The predicted octanol–water partition coefficient (Wildman–Crippen LogP) is 4.18. The van der Waals surface area contributed by atoms with Crippen LogP contribution in [0.15, 0.2) is 54.6 Å². The van der Waals surface area contributed by atoms with E-state index in [0.717, 1.165) is 47.5 Å². The van der Waals surface area contributed by atoms with Crippen LogP contribution < -0.4 is 39.8 Å². The zero-order chi connectivity index (χ0) is 24.1. The Labute approximate surface area is 202 Å². The van der Waals surface area contributed by atoms with Gasteiger partial charge in [0.2, 0.25) is 0 Å². The molecular weight excluding hydrogens is 449 g/mol. The molecule has 6 nitrogen and oxygen atoms in total. The maximum atomic E-state index is 11.7. The standard InChI is InChI=1S/C27H32NO5P/c1-30-20-12-9-13-21(31-2)26(20)34(27-22(32-3)14-10-15-23(27)33-4)24-16-8-11-19(25(24)29)28-17-6-5-7-18-28/h8-16,29H,5-7,17-18H2,1-4H3. The Morgan fingerprint density at radius 1 is 0.647 bits per heavy atom. The van der Waals surface area contributed by atoms with Gasteiger partial charge in [-0.2, -0.15) is 0 Å². The highest BCUT2D eigenvalue weighted by Crippen LogP contribution is 2.48. The van der Waals surface area contributed by atoms with Crippen LogP contribution >= 0.6 is 7.92 Å². The van der Waals surface area contributed by atoms with E-state index in [1.54, 1.807) is 28.4 Å². The average molecular weight is 482 g/mol. The van der Waals surface area contributed by atoms with Gasteiger partial charge in [0.05, 0.1) is 44.7 Å². The molecular formula is C27H32NO5P. The first-order chi connectivity index (χ1) is 16.6. The highest BCUT2D eigenvalue weighted by Gasteiger charge is 2.33. The molecule has 1 aliphatic heterocycles. The van der Waals surface area contributed by atoms with Crippen molar-refractivity contribution in [1.29, 1.82) is 0 Å². The summed E-state index contributed by atoms with van der Waals surface area (Å²) in [4.78, 5) is 2.27. The summed E-state index contributed by atoms with van der Waals surface area (Å²) < 4.78 is 23.2. The topological polar surface area (TPSA) is 60.4 Å². The summed E-state index contributed by atoms with van der Waals surface area (Å²) in [5.41, 5.74) is 0.854. The monoisotopic (exact) mass is 481 g/mol. The van der Waals surface area contributed by atoms with Crippen molar-refractivity contribution in [2.45, 2.75) is 19.3 Å². The Balaban J connectivity index is 2.03. The lowest BCUT2D eigenvalue weighted by Gasteiger charge is -2.32. The van der Waals surface area contributed by atoms with Crippen LogP contribution in [0.2, 0.25) is 0 Å². The van der Waals surface area contributed by atoms with Gasteiger partial charge in [0.15, 0.2) is 0 Å². The van der Waals surface area contributed by atoms with Crippen molar-refractivity contribution in [3.63, 3.8) is 0 Å². The molecule has 7 heteroatoms. The summed E-state index contributed by atoms with van der Waals surface area (Å²) in [5.74, 6) is 3.00. The van der Waals surface area contributed by atoms with Crippen molar-refractivity contribution in [3.05, 3.63) is 54.6 Å². The molecule has 0 radical (unpaired) electrons. The number of methoxy groups -OCH3 is 4. The third-order valence-corrected chi connectivity index (χ3v) is 8.80. The van der Waals surface area contributed by atoms with E-state index in [-0.39, 0.29) is 5.75 Å². The lowest BCUT2D eigenvalue weighted by atomic mass is 10.1. The summed E-state index contributed by atoms with van der Waals surface area (Å²) in [5, 5.41) is 14.2. The molecule has 0 spiro atoms. The van der Waals surface area contributed by atoms with Gasteiger partial charge in [-0.1, -0.05) is 18.2 Å². The minimum atomic E-state index is -1.39. The van der Waals surface area contributed by atoms with Crippen LogP contribution in [0.5, 0.6) is 28.7 Å². The number of nitrogens with zero attached hydrogens (tertiary/aromatic N) is 1. The van der Waals surface area contributed by atoms with Crippen molar-refractivity contribution in [1.82, 2.24) is 0 Å². The summed E-state index contributed by atoms with van der Waals surface area (Å²) in [7, 11) is 5.21. The zero-order valence-electron chi connectivity index (χ0n) is 20.2. The van der Waals surface area contributed by atoms with Crippen molar-refractivity contribution in [3.8, 4) is 28.7 Å². The van der Waals surface area contributed by atoms with Gasteiger partial charge in [-0.25, -0.2) is 0 Å². The van der Waals surface area contributed by atoms with E-state index in [1.807, 2.05) is 54.6 Å². The van der Waals surface area contributed by atoms with Crippen molar-refractivity contribution in [2.24, 2.45) is 0 Å². The van der Waals surface area contributed by atoms with Crippen LogP contribution in [0.4, 0.5) is 5.69 Å². The summed E-state index contributed by atoms with van der Waals surface area (Å²) >= 11 is 0. The smallest absolute Gasteiger partial charge is 0.147 e. The van der Waals surface area contributed by atoms with Gasteiger partial charge < -0.3 is 29.0 Å². The zero-order valence-corrected chi connectivity index (χ0v) is 21.1. The second kappa shape index (κ2) is 10.9. The van der Waals surface area contributed by atoms with Gasteiger partial charge in [0.1, 0.15) is 28.7 Å². The first-order valence-corrected chi connectivity index (χ1v) is 12.8. The van der Waals surface area contributed by atoms with Gasteiger partial charge in [-0.15, -0.1) is 0 Å². The van der Waals surface area contributed by atoms with Crippen LogP contribution in [0.25, 0.3) is 0 Å². The van der Waals surface area contributed by atoms with E-state index in [0.29, 0.717) is 23.0 Å². The number of rotatable bonds is 8. The van der Waals surface area contributed by atoms with E-state index < -0.39 is 7.92 Å². The molecule has 3 aromatic rings. The molecule has 0 bridgehead atoms. The van der Waals surface area contributed by atoms with Gasteiger partial charge in [-0.05, 0) is 55.7 Å². The molecule has 0 saturated carbocycles. The molecule has 180 valence electrons. The van der Waals surface area contributed by atoms with Crippen LogP contribution in [0.3, 0.4) is 0 Å². The fourth-order valence-electron chi connectivity index (χ4n) is 4.55. The molecule has 1 aliphatic rings. The molecule has 0 aliphatic carbocycles.